The first-order chi connectivity index (χ1) is 9.15. The summed E-state index contributed by atoms with van der Waals surface area (Å²) in [5.74, 6) is 0. The van der Waals surface area contributed by atoms with Crippen molar-refractivity contribution < 1.29 is 13.2 Å². The van der Waals surface area contributed by atoms with Crippen molar-refractivity contribution in [3.8, 4) is 0 Å². The molecule has 19 heavy (non-hydrogen) atoms. The maximum Gasteiger partial charge on any atom is 0.261 e. The number of hydrogen-bond acceptors (Lipinski definition) is 3. The van der Waals surface area contributed by atoms with Crippen molar-refractivity contribution in [1.29, 1.82) is 0 Å². The van der Waals surface area contributed by atoms with E-state index in [1.54, 1.807) is 42.5 Å². The van der Waals surface area contributed by atoms with Gasteiger partial charge in [0, 0.05) is 5.69 Å². The van der Waals surface area contributed by atoms with Gasteiger partial charge in [-0.1, -0.05) is 30.3 Å². The highest BCUT2D eigenvalue weighted by molar-refractivity contribution is 7.92. The Morgan fingerprint density at radius 3 is 2.47 bits per heavy atom. The van der Waals surface area contributed by atoms with Crippen molar-refractivity contribution in [2.24, 2.45) is 0 Å². The Morgan fingerprint density at radius 1 is 1.05 bits per heavy atom. The molecule has 1 aliphatic rings. The minimum Gasteiger partial charge on any atom is -0.368 e. The molecule has 3 rings (SSSR count). The van der Waals surface area contributed by atoms with Crippen LogP contribution in [0.2, 0.25) is 0 Å². The zero-order valence-corrected chi connectivity index (χ0v) is 10.9. The monoisotopic (exact) mass is 275 g/mol. The lowest BCUT2D eigenvalue weighted by Gasteiger charge is -2.08. The standard InChI is InChI=1S/C14H13NO3S/c16-19(17,13-7-2-1-3-8-13)15-12-6-4-5-11(9-12)14-10-18-14/h1-9,14-15H,10H2/t14-/m0/s1. The van der Waals surface area contributed by atoms with Gasteiger partial charge in [0.1, 0.15) is 6.10 Å². The van der Waals surface area contributed by atoms with E-state index in [4.69, 9.17) is 4.74 Å². The molecule has 4 nitrogen and oxygen atoms in total. The van der Waals surface area contributed by atoms with Crippen LogP contribution in [0.1, 0.15) is 11.7 Å². The molecular formula is C14H13NO3S. The largest absolute Gasteiger partial charge is 0.368 e. The number of epoxide rings is 1. The van der Waals surface area contributed by atoms with E-state index in [9.17, 15) is 8.42 Å². The molecule has 1 heterocycles. The summed E-state index contributed by atoms with van der Waals surface area (Å²) in [7, 11) is -3.53. The molecule has 0 aliphatic carbocycles. The van der Waals surface area contributed by atoms with Gasteiger partial charge in [0.2, 0.25) is 0 Å². The number of benzene rings is 2. The van der Waals surface area contributed by atoms with Crippen molar-refractivity contribution in [3.05, 3.63) is 60.2 Å². The van der Waals surface area contributed by atoms with E-state index in [0.717, 1.165) is 5.56 Å². The lowest BCUT2D eigenvalue weighted by molar-refractivity contribution is 0.415. The molecule has 98 valence electrons. The van der Waals surface area contributed by atoms with Crippen molar-refractivity contribution in [2.75, 3.05) is 11.3 Å². The van der Waals surface area contributed by atoms with Crippen molar-refractivity contribution in [2.45, 2.75) is 11.0 Å². The second-order valence-corrected chi connectivity index (χ2v) is 6.05. The number of anilines is 1. The Hall–Kier alpha value is -1.85. The topological polar surface area (TPSA) is 58.7 Å². The first-order valence-corrected chi connectivity index (χ1v) is 7.43. The molecule has 1 saturated heterocycles. The lowest BCUT2D eigenvalue weighted by atomic mass is 10.1. The van der Waals surface area contributed by atoms with Crippen molar-refractivity contribution in [1.82, 2.24) is 0 Å². The van der Waals surface area contributed by atoms with Gasteiger partial charge in [-0.05, 0) is 29.8 Å². The summed E-state index contributed by atoms with van der Waals surface area (Å²) in [5, 5.41) is 0. The first kappa shape index (κ1) is 12.2. The quantitative estimate of drug-likeness (QED) is 0.872. The van der Waals surface area contributed by atoms with Gasteiger partial charge in [0.25, 0.3) is 10.0 Å². The van der Waals surface area contributed by atoms with Gasteiger partial charge in [-0.3, -0.25) is 4.72 Å². The number of ether oxygens (including phenoxy) is 1. The van der Waals surface area contributed by atoms with Crippen molar-refractivity contribution in [3.63, 3.8) is 0 Å². The summed E-state index contributed by atoms with van der Waals surface area (Å²) in [6, 6.07) is 15.6. The molecule has 0 bridgehead atoms. The third-order valence-electron chi connectivity index (χ3n) is 2.90. The molecule has 1 fully saturated rings. The average Bonchev–Trinajstić information content (AvgIpc) is 3.24. The molecule has 0 amide bonds. The molecule has 0 radical (unpaired) electrons. The fraction of sp³-hybridized carbons (Fsp3) is 0.143. The number of sulfonamides is 1. The van der Waals surface area contributed by atoms with Gasteiger partial charge in [-0.25, -0.2) is 8.42 Å². The summed E-state index contributed by atoms with van der Waals surface area (Å²) in [6.07, 6.45) is 0.112. The SMILES string of the molecule is O=S(=O)(Nc1cccc([C@@H]2CO2)c1)c1ccccc1. The Morgan fingerprint density at radius 2 is 1.79 bits per heavy atom. The molecule has 0 unspecified atom stereocenters. The highest BCUT2D eigenvalue weighted by Crippen LogP contribution is 2.31. The Kier molecular flexibility index (Phi) is 3.00. The van der Waals surface area contributed by atoms with E-state index < -0.39 is 10.0 Å². The van der Waals surface area contributed by atoms with E-state index in [0.29, 0.717) is 12.3 Å². The van der Waals surface area contributed by atoms with Gasteiger partial charge < -0.3 is 4.74 Å². The van der Waals surface area contributed by atoms with E-state index in [-0.39, 0.29) is 11.0 Å². The smallest absolute Gasteiger partial charge is 0.261 e. The van der Waals surface area contributed by atoms with E-state index in [2.05, 4.69) is 4.72 Å². The zero-order chi connectivity index (χ0) is 13.3. The van der Waals surface area contributed by atoms with Crippen LogP contribution >= 0.6 is 0 Å². The number of hydrogen-bond donors (Lipinski definition) is 1. The van der Waals surface area contributed by atoms with E-state index in [1.165, 1.54) is 0 Å². The van der Waals surface area contributed by atoms with Gasteiger partial charge in [-0.2, -0.15) is 0 Å². The summed E-state index contributed by atoms with van der Waals surface area (Å²) in [4.78, 5) is 0.253. The van der Waals surface area contributed by atoms with Crippen LogP contribution in [0.15, 0.2) is 59.5 Å². The van der Waals surface area contributed by atoms with Gasteiger partial charge in [-0.15, -0.1) is 0 Å². The van der Waals surface area contributed by atoms with Crippen LogP contribution < -0.4 is 4.72 Å². The predicted octanol–water partition coefficient (Wildman–Crippen LogP) is 2.56. The Balaban J connectivity index is 1.86. The van der Waals surface area contributed by atoms with Crippen LogP contribution in [0.5, 0.6) is 0 Å². The molecule has 0 spiro atoms. The van der Waals surface area contributed by atoms with Crippen LogP contribution in [0.3, 0.4) is 0 Å². The van der Waals surface area contributed by atoms with Crippen molar-refractivity contribution >= 4 is 15.7 Å². The highest BCUT2D eigenvalue weighted by atomic mass is 32.2. The summed E-state index contributed by atoms with van der Waals surface area (Å²) in [5.41, 5.74) is 1.55. The fourth-order valence-corrected chi connectivity index (χ4v) is 2.93. The summed E-state index contributed by atoms with van der Waals surface area (Å²) in [6.45, 7) is 0.703. The van der Waals surface area contributed by atoms with Crippen LogP contribution in [-0.4, -0.2) is 15.0 Å². The number of nitrogens with one attached hydrogen (secondary N) is 1. The third-order valence-corrected chi connectivity index (χ3v) is 4.29. The normalized spacial score (nSPS) is 18.0. The molecule has 0 saturated carbocycles. The van der Waals surface area contributed by atoms with Gasteiger partial charge in [0.15, 0.2) is 0 Å². The Bertz CT molecular complexity index is 679. The predicted molar refractivity (Wildman–Crippen MR) is 72.4 cm³/mol. The maximum absolute atomic E-state index is 12.2. The third kappa shape index (κ3) is 2.77. The zero-order valence-electron chi connectivity index (χ0n) is 10.1. The second kappa shape index (κ2) is 4.68. The molecule has 2 aromatic carbocycles. The van der Waals surface area contributed by atoms with Gasteiger partial charge >= 0.3 is 0 Å². The molecule has 5 heteroatoms. The molecular weight excluding hydrogens is 262 g/mol. The minimum atomic E-state index is -3.53. The van der Waals surface area contributed by atoms with Crippen LogP contribution in [-0.2, 0) is 14.8 Å². The van der Waals surface area contributed by atoms with Crippen LogP contribution in [0.4, 0.5) is 5.69 Å². The van der Waals surface area contributed by atoms with Crippen LogP contribution in [0.25, 0.3) is 0 Å². The Labute approximate surface area is 112 Å². The van der Waals surface area contributed by atoms with E-state index in [1.807, 2.05) is 12.1 Å². The highest BCUT2D eigenvalue weighted by Gasteiger charge is 2.25. The van der Waals surface area contributed by atoms with Gasteiger partial charge in [0.05, 0.1) is 11.5 Å². The minimum absolute atomic E-state index is 0.112. The molecule has 1 atom stereocenters. The number of rotatable bonds is 4. The average molecular weight is 275 g/mol. The molecule has 1 N–H and O–H groups in total. The molecule has 2 aromatic rings. The van der Waals surface area contributed by atoms with Crippen LogP contribution in [0, 0.1) is 0 Å². The lowest BCUT2D eigenvalue weighted by Crippen LogP contribution is -2.12. The van der Waals surface area contributed by atoms with E-state index >= 15 is 0 Å². The molecule has 1 aliphatic heterocycles. The second-order valence-electron chi connectivity index (χ2n) is 4.37. The molecule has 0 aromatic heterocycles. The fourth-order valence-electron chi connectivity index (χ4n) is 1.86. The maximum atomic E-state index is 12.2. The summed E-state index contributed by atoms with van der Waals surface area (Å²) < 4.78 is 32.1. The summed E-state index contributed by atoms with van der Waals surface area (Å²) >= 11 is 0. The first-order valence-electron chi connectivity index (χ1n) is 5.94.